The topological polar surface area (TPSA) is 50.2 Å². The summed E-state index contributed by atoms with van der Waals surface area (Å²) in [4.78, 5) is 12.2. The van der Waals surface area contributed by atoms with Crippen molar-refractivity contribution in [3.05, 3.63) is 22.4 Å². The van der Waals surface area contributed by atoms with E-state index in [0.29, 0.717) is 12.3 Å². The molecule has 3 nitrogen and oxygen atoms in total. The molecule has 0 unspecified atom stereocenters. The van der Waals surface area contributed by atoms with Gasteiger partial charge in [0.1, 0.15) is 0 Å². The molecular weight excluding hydrogens is 198 g/mol. The Morgan fingerprint density at radius 1 is 1.64 bits per heavy atom. The Morgan fingerprint density at radius 2 is 2.43 bits per heavy atom. The highest BCUT2D eigenvalue weighted by Crippen LogP contribution is 2.08. The van der Waals surface area contributed by atoms with Gasteiger partial charge in [-0.15, -0.1) is 11.3 Å². The van der Waals surface area contributed by atoms with Crippen LogP contribution in [0.4, 0.5) is 0 Å². The molecule has 0 radical (unpaired) electrons. The van der Waals surface area contributed by atoms with E-state index in [1.807, 2.05) is 17.5 Å². The summed E-state index contributed by atoms with van der Waals surface area (Å²) in [6, 6.07) is 3.99. The standard InChI is InChI=1S/C10H13NO2S/c1-8(11)7-10(12)13-5-4-9-3-2-6-14-9/h2-3,6,11H,4-5,7H2,1H3. The van der Waals surface area contributed by atoms with Gasteiger partial charge >= 0.3 is 5.97 Å². The molecule has 0 fully saturated rings. The Labute approximate surface area is 87.2 Å². The Hall–Kier alpha value is -1.16. The lowest BCUT2D eigenvalue weighted by Crippen LogP contribution is -2.10. The fraction of sp³-hybridized carbons (Fsp3) is 0.400. The average Bonchev–Trinajstić information content (AvgIpc) is 2.55. The van der Waals surface area contributed by atoms with Gasteiger partial charge in [-0.1, -0.05) is 6.07 Å². The van der Waals surface area contributed by atoms with Gasteiger partial charge in [-0.2, -0.15) is 0 Å². The lowest BCUT2D eigenvalue weighted by molar-refractivity contribution is -0.142. The van der Waals surface area contributed by atoms with Crippen LogP contribution in [-0.4, -0.2) is 18.3 Å². The molecule has 0 atom stereocenters. The lowest BCUT2D eigenvalue weighted by atomic mass is 10.3. The predicted molar refractivity (Wildman–Crippen MR) is 57.0 cm³/mol. The molecule has 0 bridgehead atoms. The van der Waals surface area contributed by atoms with Gasteiger partial charge in [-0.05, 0) is 18.4 Å². The van der Waals surface area contributed by atoms with Gasteiger partial charge < -0.3 is 10.1 Å². The third-order valence-corrected chi connectivity index (χ3v) is 2.54. The van der Waals surface area contributed by atoms with Crippen LogP contribution in [0.15, 0.2) is 17.5 Å². The molecule has 1 N–H and O–H groups in total. The van der Waals surface area contributed by atoms with Crippen LogP contribution in [0.1, 0.15) is 18.2 Å². The quantitative estimate of drug-likeness (QED) is 0.600. The second-order valence-electron chi connectivity index (χ2n) is 3.01. The first-order valence-electron chi connectivity index (χ1n) is 4.40. The molecule has 0 aliphatic carbocycles. The summed E-state index contributed by atoms with van der Waals surface area (Å²) in [5, 5.41) is 9.10. The van der Waals surface area contributed by atoms with E-state index in [9.17, 15) is 4.79 Å². The molecule has 4 heteroatoms. The van der Waals surface area contributed by atoms with E-state index in [1.54, 1.807) is 18.3 Å². The second kappa shape index (κ2) is 5.54. The van der Waals surface area contributed by atoms with Gasteiger partial charge in [0.25, 0.3) is 0 Å². The zero-order valence-electron chi connectivity index (χ0n) is 8.08. The van der Waals surface area contributed by atoms with Gasteiger partial charge in [0.2, 0.25) is 0 Å². The van der Waals surface area contributed by atoms with E-state index >= 15 is 0 Å². The Bertz CT molecular complexity index is 306. The highest BCUT2D eigenvalue weighted by atomic mass is 32.1. The van der Waals surface area contributed by atoms with Gasteiger partial charge in [0.05, 0.1) is 13.0 Å². The third kappa shape index (κ3) is 4.18. The van der Waals surface area contributed by atoms with Gasteiger partial charge in [-0.3, -0.25) is 4.79 Å². The van der Waals surface area contributed by atoms with Crippen LogP contribution >= 0.6 is 11.3 Å². The van der Waals surface area contributed by atoms with Crippen molar-refractivity contribution >= 4 is 23.0 Å². The second-order valence-corrected chi connectivity index (χ2v) is 4.04. The van der Waals surface area contributed by atoms with Crippen molar-refractivity contribution in [2.45, 2.75) is 19.8 Å². The van der Waals surface area contributed by atoms with Crippen LogP contribution in [0.5, 0.6) is 0 Å². The first kappa shape index (κ1) is 10.9. The minimum atomic E-state index is -0.311. The number of carbonyl (C=O) groups excluding carboxylic acids is 1. The van der Waals surface area contributed by atoms with Crippen molar-refractivity contribution < 1.29 is 9.53 Å². The van der Waals surface area contributed by atoms with Crippen molar-refractivity contribution in [3.63, 3.8) is 0 Å². The molecule has 0 aliphatic heterocycles. The summed E-state index contributed by atoms with van der Waals surface area (Å²) in [6.07, 6.45) is 0.866. The molecule has 1 aromatic heterocycles. The van der Waals surface area contributed by atoms with E-state index in [-0.39, 0.29) is 12.4 Å². The number of thiophene rings is 1. The van der Waals surface area contributed by atoms with Gasteiger partial charge in [0.15, 0.2) is 0 Å². The van der Waals surface area contributed by atoms with E-state index < -0.39 is 0 Å². The fourth-order valence-corrected chi connectivity index (χ4v) is 1.68. The number of ether oxygens (including phenoxy) is 1. The molecular formula is C10H13NO2S. The molecule has 0 amide bonds. The van der Waals surface area contributed by atoms with Gasteiger partial charge in [-0.25, -0.2) is 0 Å². The maximum atomic E-state index is 11.0. The Kier molecular flexibility index (Phi) is 4.32. The van der Waals surface area contributed by atoms with Crippen LogP contribution in [-0.2, 0) is 16.0 Å². The zero-order chi connectivity index (χ0) is 10.4. The number of hydrogen-bond donors (Lipinski definition) is 1. The first-order valence-corrected chi connectivity index (χ1v) is 5.28. The minimum Gasteiger partial charge on any atom is -0.465 e. The fourth-order valence-electron chi connectivity index (χ4n) is 0.988. The van der Waals surface area contributed by atoms with Crippen molar-refractivity contribution in [1.82, 2.24) is 0 Å². The molecule has 0 saturated carbocycles. The molecule has 14 heavy (non-hydrogen) atoms. The SMILES string of the molecule is CC(=N)CC(=O)OCCc1cccs1. The normalized spacial score (nSPS) is 9.79. The summed E-state index contributed by atoms with van der Waals surface area (Å²) in [5.41, 5.74) is 0.339. The summed E-state index contributed by atoms with van der Waals surface area (Å²) < 4.78 is 4.95. The van der Waals surface area contributed by atoms with Crippen LogP contribution in [0.2, 0.25) is 0 Å². The molecule has 76 valence electrons. The van der Waals surface area contributed by atoms with Crippen LogP contribution < -0.4 is 0 Å². The summed E-state index contributed by atoms with van der Waals surface area (Å²) in [5.74, 6) is -0.311. The molecule has 0 saturated heterocycles. The van der Waals surface area contributed by atoms with Crippen molar-refractivity contribution in [1.29, 1.82) is 5.41 Å². The van der Waals surface area contributed by atoms with E-state index in [1.165, 1.54) is 4.88 Å². The van der Waals surface area contributed by atoms with Crippen molar-refractivity contribution in [2.24, 2.45) is 0 Å². The highest BCUT2D eigenvalue weighted by Gasteiger charge is 2.03. The average molecular weight is 211 g/mol. The molecule has 1 rings (SSSR count). The van der Waals surface area contributed by atoms with Crippen molar-refractivity contribution in [3.8, 4) is 0 Å². The highest BCUT2D eigenvalue weighted by molar-refractivity contribution is 7.09. The smallest absolute Gasteiger partial charge is 0.311 e. The van der Waals surface area contributed by atoms with E-state index in [0.717, 1.165) is 6.42 Å². The third-order valence-electron chi connectivity index (χ3n) is 1.60. The molecule has 0 spiro atoms. The van der Waals surface area contributed by atoms with Crippen LogP contribution in [0, 0.1) is 5.41 Å². The number of rotatable bonds is 5. The first-order chi connectivity index (χ1) is 6.68. The molecule has 0 aromatic carbocycles. The van der Waals surface area contributed by atoms with E-state index in [2.05, 4.69) is 0 Å². The summed E-state index contributed by atoms with van der Waals surface area (Å²) in [7, 11) is 0. The summed E-state index contributed by atoms with van der Waals surface area (Å²) >= 11 is 1.65. The number of nitrogens with one attached hydrogen (secondary N) is 1. The van der Waals surface area contributed by atoms with Crippen LogP contribution in [0.3, 0.4) is 0 Å². The Morgan fingerprint density at radius 3 is 3.00 bits per heavy atom. The maximum absolute atomic E-state index is 11.0. The minimum absolute atomic E-state index is 0.102. The summed E-state index contributed by atoms with van der Waals surface area (Å²) in [6.45, 7) is 2.01. The Balaban J connectivity index is 2.15. The van der Waals surface area contributed by atoms with Gasteiger partial charge in [0, 0.05) is 17.0 Å². The lowest BCUT2D eigenvalue weighted by Gasteiger charge is -2.02. The maximum Gasteiger partial charge on any atom is 0.311 e. The molecule has 0 aliphatic rings. The molecule has 1 heterocycles. The predicted octanol–water partition coefficient (Wildman–Crippen LogP) is 2.26. The van der Waals surface area contributed by atoms with Crippen LogP contribution in [0.25, 0.3) is 0 Å². The van der Waals surface area contributed by atoms with E-state index in [4.69, 9.17) is 10.1 Å². The number of hydrogen-bond acceptors (Lipinski definition) is 4. The largest absolute Gasteiger partial charge is 0.465 e. The molecule has 1 aromatic rings. The monoisotopic (exact) mass is 211 g/mol. The van der Waals surface area contributed by atoms with Crippen molar-refractivity contribution in [2.75, 3.05) is 6.61 Å². The number of carbonyl (C=O) groups is 1. The number of esters is 1. The zero-order valence-corrected chi connectivity index (χ0v) is 8.89.